The second-order valence-electron chi connectivity index (χ2n) is 5.51. The van der Waals surface area contributed by atoms with Crippen LogP contribution in [0, 0.1) is 0 Å². The van der Waals surface area contributed by atoms with Crippen molar-refractivity contribution in [3.05, 3.63) is 29.8 Å². The van der Waals surface area contributed by atoms with Crippen LogP contribution >= 0.6 is 0 Å². The molecule has 1 aromatic carbocycles. The Bertz CT molecular complexity index is 502. The topological polar surface area (TPSA) is 70.7 Å². The molecule has 0 aliphatic rings. The van der Waals surface area contributed by atoms with Gasteiger partial charge in [-0.3, -0.25) is 14.5 Å². The minimum absolute atomic E-state index is 0.0656. The number of ether oxygens (including phenoxy) is 1. The maximum atomic E-state index is 12.2. The monoisotopic (exact) mass is 321 g/mol. The van der Waals surface area contributed by atoms with Crippen LogP contribution < -0.4 is 15.4 Å². The molecule has 0 aliphatic heterocycles. The summed E-state index contributed by atoms with van der Waals surface area (Å²) in [5, 5.41) is 5.68. The van der Waals surface area contributed by atoms with Crippen molar-refractivity contribution in [1.29, 1.82) is 0 Å². The van der Waals surface area contributed by atoms with E-state index in [0.29, 0.717) is 13.1 Å². The predicted molar refractivity (Wildman–Crippen MR) is 90.2 cm³/mol. The first-order chi connectivity index (χ1) is 11.0. The highest BCUT2D eigenvalue weighted by atomic mass is 16.5. The predicted octanol–water partition coefficient (Wildman–Crippen LogP) is 1.16. The average Bonchev–Trinajstić information content (AvgIpc) is 2.57. The summed E-state index contributed by atoms with van der Waals surface area (Å²) in [6.45, 7) is 5.10. The first-order valence-corrected chi connectivity index (χ1v) is 7.85. The van der Waals surface area contributed by atoms with Crippen molar-refractivity contribution >= 4 is 11.8 Å². The second kappa shape index (κ2) is 9.84. The van der Waals surface area contributed by atoms with Crippen LogP contribution in [0.3, 0.4) is 0 Å². The standard InChI is InChI=1S/C17H27N3O3/c1-5-10-18-16(21)12-20(3)13(2)17(22)19-11-14-6-8-15(23-4)9-7-14/h6-9,13H,5,10-12H2,1-4H3,(H,18,21)(H,19,22)/t13-/m1/s1. The molecule has 0 saturated carbocycles. The van der Waals surface area contributed by atoms with Gasteiger partial charge in [0.25, 0.3) is 0 Å². The molecule has 0 unspecified atom stereocenters. The first-order valence-electron chi connectivity index (χ1n) is 7.85. The molecular formula is C17H27N3O3. The third kappa shape index (κ3) is 6.69. The summed E-state index contributed by atoms with van der Waals surface area (Å²) in [6.07, 6.45) is 0.896. The van der Waals surface area contributed by atoms with Crippen molar-refractivity contribution in [3.63, 3.8) is 0 Å². The van der Waals surface area contributed by atoms with Crippen molar-refractivity contribution in [2.75, 3.05) is 27.2 Å². The van der Waals surface area contributed by atoms with Gasteiger partial charge in [0.1, 0.15) is 5.75 Å². The highest BCUT2D eigenvalue weighted by Gasteiger charge is 2.19. The fourth-order valence-corrected chi connectivity index (χ4v) is 1.96. The number of amides is 2. The van der Waals surface area contributed by atoms with Crippen LogP contribution in [0.25, 0.3) is 0 Å². The first kappa shape index (κ1) is 19.0. The van der Waals surface area contributed by atoms with E-state index in [-0.39, 0.29) is 24.4 Å². The lowest BCUT2D eigenvalue weighted by Crippen LogP contribution is -2.46. The Morgan fingerprint density at radius 3 is 2.43 bits per heavy atom. The van der Waals surface area contributed by atoms with Gasteiger partial charge in [0.2, 0.25) is 11.8 Å². The number of methoxy groups -OCH3 is 1. The van der Waals surface area contributed by atoms with Crippen molar-refractivity contribution in [2.45, 2.75) is 32.9 Å². The molecule has 0 spiro atoms. The molecule has 0 radical (unpaired) electrons. The number of hydrogen-bond acceptors (Lipinski definition) is 4. The zero-order valence-corrected chi connectivity index (χ0v) is 14.4. The SMILES string of the molecule is CCCNC(=O)CN(C)[C@H](C)C(=O)NCc1ccc(OC)cc1. The molecule has 1 atom stereocenters. The van der Waals surface area contributed by atoms with Gasteiger partial charge in [0, 0.05) is 13.1 Å². The minimum atomic E-state index is -0.374. The minimum Gasteiger partial charge on any atom is -0.497 e. The molecule has 1 aromatic rings. The highest BCUT2D eigenvalue weighted by molar-refractivity contribution is 5.83. The van der Waals surface area contributed by atoms with E-state index in [9.17, 15) is 9.59 Å². The third-order valence-corrected chi connectivity index (χ3v) is 3.63. The van der Waals surface area contributed by atoms with Crippen LogP contribution in [0.1, 0.15) is 25.8 Å². The van der Waals surface area contributed by atoms with Gasteiger partial charge in [0.15, 0.2) is 0 Å². The Kier molecular flexibility index (Phi) is 8.11. The van der Waals surface area contributed by atoms with Gasteiger partial charge in [-0.1, -0.05) is 19.1 Å². The lowest BCUT2D eigenvalue weighted by atomic mass is 10.2. The number of nitrogens with one attached hydrogen (secondary N) is 2. The molecule has 0 aliphatic carbocycles. The fourth-order valence-electron chi connectivity index (χ4n) is 1.96. The van der Waals surface area contributed by atoms with E-state index in [1.807, 2.05) is 31.2 Å². The Balaban J connectivity index is 2.41. The van der Waals surface area contributed by atoms with Crippen LogP contribution in [-0.2, 0) is 16.1 Å². The Morgan fingerprint density at radius 2 is 1.87 bits per heavy atom. The molecule has 128 valence electrons. The maximum Gasteiger partial charge on any atom is 0.237 e. The van der Waals surface area contributed by atoms with Crippen LogP contribution in [0.4, 0.5) is 0 Å². The highest BCUT2D eigenvalue weighted by Crippen LogP contribution is 2.11. The zero-order chi connectivity index (χ0) is 17.2. The summed E-state index contributed by atoms with van der Waals surface area (Å²) < 4.78 is 5.10. The molecular weight excluding hydrogens is 294 g/mol. The van der Waals surface area contributed by atoms with E-state index >= 15 is 0 Å². The molecule has 0 saturated heterocycles. The van der Waals surface area contributed by atoms with Gasteiger partial charge >= 0.3 is 0 Å². The molecule has 0 heterocycles. The zero-order valence-electron chi connectivity index (χ0n) is 14.4. The van der Waals surface area contributed by atoms with E-state index in [2.05, 4.69) is 10.6 Å². The number of carbonyl (C=O) groups excluding carboxylic acids is 2. The Hall–Kier alpha value is -2.08. The quantitative estimate of drug-likeness (QED) is 0.716. The Labute approximate surface area is 138 Å². The van der Waals surface area contributed by atoms with Crippen LogP contribution in [0.2, 0.25) is 0 Å². The molecule has 6 nitrogen and oxygen atoms in total. The maximum absolute atomic E-state index is 12.2. The summed E-state index contributed by atoms with van der Waals surface area (Å²) in [6, 6.07) is 7.15. The van der Waals surface area contributed by atoms with Gasteiger partial charge in [-0.25, -0.2) is 0 Å². The van der Waals surface area contributed by atoms with Gasteiger partial charge in [-0.05, 0) is 38.1 Å². The molecule has 0 aromatic heterocycles. The van der Waals surface area contributed by atoms with Crippen LogP contribution in [-0.4, -0.2) is 50.0 Å². The van der Waals surface area contributed by atoms with E-state index in [4.69, 9.17) is 4.74 Å². The van der Waals surface area contributed by atoms with E-state index in [1.165, 1.54) is 0 Å². The largest absolute Gasteiger partial charge is 0.497 e. The molecule has 2 amide bonds. The van der Waals surface area contributed by atoms with E-state index in [1.54, 1.807) is 26.0 Å². The average molecular weight is 321 g/mol. The molecule has 23 heavy (non-hydrogen) atoms. The summed E-state index contributed by atoms with van der Waals surface area (Å²) in [5.74, 6) is 0.613. The van der Waals surface area contributed by atoms with Crippen molar-refractivity contribution < 1.29 is 14.3 Å². The number of rotatable bonds is 9. The summed E-state index contributed by atoms with van der Waals surface area (Å²) >= 11 is 0. The van der Waals surface area contributed by atoms with Gasteiger partial charge in [0.05, 0.1) is 19.7 Å². The third-order valence-electron chi connectivity index (χ3n) is 3.63. The Morgan fingerprint density at radius 1 is 1.22 bits per heavy atom. The summed E-state index contributed by atoms with van der Waals surface area (Å²) in [7, 11) is 3.38. The van der Waals surface area contributed by atoms with Crippen molar-refractivity contribution in [3.8, 4) is 5.75 Å². The van der Waals surface area contributed by atoms with E-state index < -0.39 is 0 Å². The van der Waals surface area contributed by atoms with E-state index in [0.717, 1.165) is 17.7 Å². The van der Waals surface area contributed by atoms with Gasteiger partial charge in [-0.15, -0.1) is 0 Å². The number of benzene rings is 1. The molecule has 1 rings (SSSR count). The van der Waals surface area contributed by atoms with Gasteiger partial charge < -0.3 is 15.4 Å². The summed E-state index contributed by atoms with van der Waals surface area (Å²) in [4.78, 5) is 25.6. The number of carbonyl (C=O) groups is 2. The smallest absolute Gasteiger partial charge is 0.237 e. The molecule has 6 heteroatoms. The second-order valence-corrected chi connectivity index (χ2v) is 5.51. The van der Waals surface area contributed by atoms with Crippen LogP contribution in [0.15, 0.2) is 24.3 Å². The number of hydrogen-bond donors (Lipinski definition) is 2. The lowest BCUT2D eigenvalue weighted by Gasteiger charge is -2.23. The number of nitrogens with zero attached hydrogens (tertiary/aromatic N) is 1. The van der Waals surface area contributed by atoms with Crippen molar-refractivity contribution in [1.82, 2.24) is 15.5 Å². The normalized spacial score (nSPS) is 11.9. The number of likely N-dealkylation sites (N-methyl/N-ethyl adjacent to an activating group) is 1. The molecule has 0 fully saturated rings. The molecule has 0 bridgehead atoms. The van der Waals surface area contributed by atoms with Crippen molar-refractivity contribution in [2.24, 2.45) is 0 Å². The fraction of sp³-hybridized carbons (Fsp3) is 0.529. The van der Waals surface area contributed by atoms with Gasteiger partial charge in [-0.2, -0.15) is 0 Å². The molecule has 2 N–H and O–H groups in total. The summed E-state index contributed by atoms with van der Waals surface area (Å²) in [5.41, 5.74) is 0.995. The lowest BCUT2D eigenvalue weighted by molar-refractivity contribution is -0.127. The van der Waals surface area contributed by atoms with Crippen LogP contribution in [0.5, 0.6) is 5.75 Å².